The number of ether oxygens (including phenoxy) is 1. The molecule has 0 amide bonds. The first kappa shape index (κ1) is 12.6. The van der Waals surface area contributed by atoms with E-state index in [1.54, 1.807) is 18.4 Å². The highest BCUT2D eigenvalue weighted by Crippen LogP contribution is 2.19. The van der Waals surface area contributed by atoms with Crippen LogP contribution in [0.3, 0.4) is 0 Å². The average molecular weight is 258 g/mol. The average Bonchev–Trinajstić information content (AvgIpc) is 2.86. The Balaban J connectivity index is 2.03. The minimum Gasteiger partial charge on any atom is -0.380 e. The predicted molar refractivity (Wildman–Crippen MR) is 73.5 cm³/mol. The Morgan fingerprint density at radius 3 is 2.94 bits per heavy atom. The summed E-state index contributed by atoms with van der Waals surface area (Å²) in [5.74, 6) is 0. The van der Waals surface area contributed by atoms with Crippen molar-refractivity contribution >= 4 is 17.0 Å². The molecule has 0 aliphatic carbocycles. The maximum Gasteiger partial charge on any atom is 0.100 e. The highest BCUT2D eigenvalue weighted by atomic mass is 32.1. The van der Waals surface area contributed by atoms with Gasteiger partial charge < -0.3 is 10.1 Å². The number of thiophene rings is 1. The quantitative estimate of drug-likeness (QED) is 0.894. The van der Waals surface area contributed by atoms with Gasteiger partial charge >= 0.3 is 0 Å². The Morgan fingerprint density at radius 2 is 2.22 bits per heavy atom. The van der Waals surface area contributed by atoms with Gasteiger partial charge in [0.05, 0.1) is 12.2 Å². The number of hydrogen-bond donors (Lipinski definition) is 1. The SMILES string of the molecule is COCc1ccccc1NCc1cc(C#N)cs1. The molecule has 0 aliphatic heterocycles. The van der Waals surface area contributed by atoms with Crippen LogP contribution in [-0.4, -0.2) is 7.11 Å². The van der Waals surface area contributed by atoms with Crippen LogP contribution in [0.1, 0.15) is 16.0 Å². The van der Waals surface area contributed by atoms with Gasteiger partial charge in [-0.2, -0.15) is 5.26 Å². The van der Waals surface area contributed by atoms with Gasteiger partial charge in [-0.25, -0.2) is 0 Å². The fourth-order valence-electron chi connectivity index (χ4n) is 1.69. The fraction of sp³-hybridized carbons (Fsp3) is 0.214. The van der Waals surface area contributed by atoms with Gasteiger partial charge in [0, 0.05) is 35.2 Å². The van der Waals surface area contributed by atoms with Gasteiger partial charge in [-0.15, -0.1) is 11.3 Å². The van der Waals surface area contributed by atoms with Crippen LogP contribution >= 0.6 is 11.3 Å². The molecule has 1 aromatic carbocycles. The largest absolute Gasteiger partial charge is 0.380 e. The fourth-order valence-corrected chi connectivity index (χ4v) is 2.44. The van der Waals surface area contributed by atoms with Crippen LogP contribution < -0.4 is 5.32 Å². The second-order valence-corrected chi connectivity index (χ2v) is 4.85. The molecule has 1 aromatic heterocycles. The number of nitrogens with zero attached hydrogens (tertiary/aromatic N) is 1. The number of rotatable bonds is 5. The lowest BCUT2D eigenvalue weighted by atomic mass is 10.2. The van der Waals surface area contributed by atoms with E-state index in [-0.39, 0.29) is 0 Å². The summed E-state index contributed by atoms with van der Waals surface area (Å²) in [5.41, 5.74) is 2.94. The van der Waals surface area contributed by atoms with Crippen molar-refractivity contribution in [3.05, 3.63) is 51.7 Å². The molecule has 18 heavy (non-hydrogen) atoms. The highest BCUT2D eigenvalue weighted by Gasteiger charge is 2.02. The van der Waals surface area contributed by atoms with E-state index in [4.69, 9.17) is 10.00 Å². The van der Waals surface area contributed by atoms with Crippen molar-refractivity contribution in [3.63, 3.8) is 0 Å². The minimum absolute atomic E-state index is 0.594. The molecule has 1 heterocycles. The number of para-hydroxylation sites is 1. The molecular weight excluding hydrogens is 244 g/mol. The summed E-state index contributed by atoms with van der Waals surface area (Å²) in [4.78, 5) is 1.15. The van der Waals surface area contributed by atoms with Crippen molar-refractivity contribution in [2.75, 3.05) is 12.4 Å². The molecule has 3 nitrogen and oxygen atoms in total. The van der Waals surface area contributed by atoms with Crippen LogP contribution in [0.5, 0.6) is 0 Å². The van der Waals surface area contributed by atoms with Crippen LogP contribution in [0.15, 0.2) is 35.7 Å². The van der Waals surface area contributed by atoms with E-state index in [9.17, 15) is 0 Å². The summed E-state index contributed by atoms with van der Waals surface area (Å²) in [6, 6.07) is 12.1. The third-order valence-electron chi connectivity index (χ3n) is 2.55. The summed E-state index contributed by atoms with van der Waals surface area (Å²) in [6.07, 6.45) is 0. The maximum atomic E-state index is 8.77. The summed E-state index contributed by atoms with van der Waals surface area (Å²) in [6.45, 7) is 1.32. The van der Waals surface area contributed by atoms with E-state index >= 15 is 0 Å². The normalized spacial score (nSPS) is 10.0. The first-order chi connectivity index (χ1) is 8.83. The number of methoxy groups -OCH3 is 1. The Kier molecular flexibility index (Phi) is 4.35. The van der Waals surface area contributed by atoms with Gasteiger partial charge in [-0.3, -0.25) is 0 Å². The minimum atomic E-state index is 0.594. The summed E-state index contributed by atoms with van der Waals surface area (Å²) in [7, 11) is 1.69. The van der Waals surface area contributed by atoms with Gasteiger partial charge in [0.25, 0.3) is 0 Å². The monoisotopic (exact) mass is 258 g/mol. The molecule has 0 unspecified atom stereocenters. The summed E-state index contributed by atoms with van der Waals surface area (Å²) < 4.78 is 5.16. The van der Waals surface area contributed by atoms with E-state index in [2.05, 4.69) is 11.4 Å². The van der Waals surface area contributed by atoms with Crippen molar-refractivity contribution in [1.29, 1.82) is 5.26 Å². The number of nitrogens with one attached hydrogen (secondary N) is 1. The summed E-state index contributed by atoms with van der Waals surface area (Å²) in [5, 5.41) is 14.0. The zero-order chi connectivity index (χ0) is 12.8. The van der Waals surface area contributed by atoms with Crippen LogP contribution in [0, 0.1) is 11.3 Å². The van der Waals surface area contributed by atoms with Crippen molar-refractivity contribution in [3.8, 4) is 6.07 Å². The summed E-state index contributed by atoms with van der Waals surface area (Å²) >= 11 is 1.60. The molecule has 2 aromatic rings. The number of anilines is 1. The Hall–Kier alpha value is -1.83. The lowest BCUT2D eigenvalue weighted by molar-refractivity contribution is 0.185. The zero-order valence-electron chi connectivity index (χ0n) is 10.1. The van der Waals surface area contributed by atoms with Crippen molar-refractivity contribution in [1.82, 2.24) is 0 Å². The molecule has 0 saturated heterocycles. The molecule has 4 heteroatoms. The lowest BCUT2D eigenvalue weighted by Crippen LogP contribution is -2.01. The Bertz CT molecular complexity index is 557. The molecule has 0 fully saturated rings. The number of benzene rings is 1. The molecule has 1 N–H and O–H groups in total. The van der Waals surface area contributed by atoms with Crippen molar-refractivity contribution in [2.24, 2.45) is 0 Å². The molecule has 0 aliphatic rings. The van der Waals surface area contributed by atoms with Gasteiger partial charge in [-0.05, 0) is 12.1 Å². The third kappa shape index (κ3) is 3.10. The van der Waals surface area contributed by atoms with Gasteiger partial charge in [0.1, 0.15) is 6.07 Å². The van der Waals surface area contributed by atoms with Crippen LogP contribution in [0.2, 0.25) is 0 Å². The van der Waals surface area contributed by atoms with Crippen LogP contribution in [0.4, 0.5) is 5.69 Å². The first-order valence-electron chi connectivity index (χ1n) is 5.61. The smallest absolute Gasteiger partial charge is 0.100 e. The molecule has 0 bridgehead atoms. The number of nitriles is 1. The van der Waals surface area contributed by atoms with Crippen molar-refractivity contribution in [2.45, 2.75) is 13.2 Å². The molecule has 92 valence electrons. The van der Waals surface area contributed by atoms with E-state index in [0.29, 0.717) is 6.61 Å². The van der Waals surface area contributed by atoms with Gasteiger partial charge in [0.2, 0.25) is 0 Å². The second-order valence-electron chi connectivity index (χ2n) is 3.86. The van der Waals surface area contributed by atoms with Gasteiger partial charge in [-0.1, -0.05) is 18.2 Å². The second kappa shape index (κ2) is 6.20. The molecule has 2 rings (SSSR count). The number of hydrogen-bond acceptors (Lipinski definition) is 4. The lowest BCUT2D eigenvalue weighted by Gasteiger charge is -2.10. The molecule has 0 atom stereocenters. The maximum absolute atomic E-state index is 8.77. The Morgan fingerprint density at radius 1 is 1.39 bits per heavy atom. The zero-order valence-corrected chi connectivity index (χ0v) is 11.0. The van der Waals surface area contributed by atoms with E-state index in [0.717, 1.165) is 28.2 Å². The van der Waals surface area contributed by atoms with Crippen molar-refractivity contribution < 1.29 is 4.74 Å². The topological polar surface area (TPSA) is 45.0 Å². The standard InChI is InChI=1S/C14H14N2OS/c1-17-9-12-4-2-3-5-14(12)16-8-13-6-11(7-15)10-18-13/h2-6,10,16H,8-9H2,1H3. The van der Waals surface area contributed by atoms with E-state index in [1.165, 1.54) is 0 Å². The highest BCUT2D eigenvalue weighted by molar-refractivity contribution is 7.10. The third-order valence-corrected chi connectivity index (χ3v) is 3.49. The Labute approximate surface area is 111 Å². The van der Waals surface area contributed by atoms with Crippen LogP contribution in [-0.2, 0) is 17.9 Å². The van der Waals surface area contributed by atoms with E-state index in [1.807, 2.05) is 35.7 Å². The molecule has 0 radical (unpaired) electrons. The van der Waals surface area contributed by atoms with Crippen LogP contribution in [0.25, 0.3) is 0 Å². The molecule has 0 saturated carbocycles. The predicted octanol–water partition coefficient (Wildman–Crippen LogP) is 3.38. The molecular formula is C14H14N2OS. The molecule has 0 spiro atoms. The van der Waals surface area contributed by atoms with Gasteiger partial charge in [0.15, 0.2) is 0 Å². The first-order valence-corrected chi connectivity index (χ1v) is 6.49. The van der Waals surface area contributed by atoms with E-state index < -0.39 is 0 Å².